The van der Waals surface area contributed by atoms with E-state index in [4.69, 9.17) is 29.8 Å². The smallest absolute Gasteiger partial charge is 0.403 e. The molecule has 3 N–H and O–H groups in total. The minimum Gasteiger partial charge on any atom is -0.478 e. The van der Waals surface area contributed by atoms with Crippen LogP contribution in [0, 0.1) is 0 Å². The fourth-order valence-electron chi connectivity index (χ4n) is 1.21. The number of aromatic nitrogens is 3. The van der Waals surface area contributed by atoms with Crippen LogP contribution in [-0.4, -0.2) is 67.2 Å². The molecule has 0 amide bonds. The van der Waals surface area contributed by atoms with Crippen LogP contribution in [0.1, 0.15) is 41.5 Å². The summed E-state index contributed by atoms with van der Waals surface area (Å²) in [6.45, 7) is 18.8. The number of carbonyl (C=O) groups is 3. The molecule has 0 bridgehead atoms. The molecule has 0 aromatic carbocycles. The Morgan fingerprint density at radius 2 is 0.722 bits per heavy atom. The Labute approximate surface area is 206 Å². The van der Waals surface area contributed by atoms with Crippen molar-refractivity contribution in [2.75, 3.05) is 19.8 Å². The zero-order valence-corrected chi connectivity index (χ0v) is 21.1. The maximum absolute atomic E-state index is 11.8. The summed E-state index contributed by atoms with van der Waals surface area (Å²) >= 11 is 0. The number of rotatable bonds is 9. The first-order valence-electron chi connectivity index (χ1n) is 10.1. The molecule has 0 fully saturated rings. The van der Waals surface area contributed by atoms with Crippen LogP contribution in [0.5, 0.6) is 0 Å². The van der Waals surface area contributed by atoms with Gasteiger partial charge in [0.05, 0.1) is 0 Å². The maximum Gasteiger partial charge on any atom is 0.403 e. The van der Waals surface area contributed by atoms with Crippen molar-refractivity contribution >= 4 is 17.9 Å². The highest BCUT2D eigenvalue weighted by Crippen LogP contribution is 1.82. The SMILES string of the molecule is C=C(C)C(=O)O.C=C(C)C(=O)O.C=C(C)C(=O)O.CCOn1c(=O)n(OCC)c(=O)n(OCC)c1=O. The van der Waals surface area contributed by atoms with Crippen molar-refractivity contribution in [3.05, 3.63) is 67.9 Å². The molecular formula is C21H33N3O12. The van der Waals surface area contributed by atoms with Crippen LogP contribution in [0.2, 0.25) is 0 Å². The van der Waals surface area contributed by atoms with E-state index in [1.807, 2.05) is 0 Å². The maximum atomic E-state index is 11.8. The third-order valence-corrected chi connectivity index (χ3v) is 2.91. The highest BCUT2D eigenvalue weighted by atomic mass is 16.7. The standard InChI is InChI=1S/C9H15N3O6.3C4H6O2/c1-4-16-10-7(13)11(17-5-2)9(15)12(8(10)14)18-6-3;3*1-3(2)4(5)6/h4-6H2,1-3H3;3*1H2,2H3,(H,5,6). The lowest BCUT2D eigenvalue weighted by Gasteiger charge is -2.12. The first kappa shape index (κ1) is 36.0. The quantitative estimate of drug-likeness (QED) is 0.352. The molecule has 0 atom stereocenters. The molecule has 0 saturated heterocycles. The Morgan fingerprint density at radius 1 is 0.583 bits per heavy atom. The highest BCUT2D eigenvalue weighted by Gasteiger charge is 2.17. The van der Waals surface area contributed by atoms with Crippen molar-refractivity contribution in [2.24, 2.45) is 0 Å². The van der Waals surface area contributed by atoms with Crippen molar-refractivity contribution in [1.29, 1.82) is 0 Å². The first-order chi connectivity index (χ1) is 16.5. The van der Waals surface area contributed by atoms with E-state index in [0.717, 1.165) is 0 Å². The van der Waals surface area contributed by atoms with Crippen LogP contribution >= 0.6 is 0 Å². The Kier molecular flexibility index (Phi) is 18.8. The molecule has 1 rings (SSSR count). The van der Waals surface area contributed by atoms with Gasteiger partial charge in [0.2, 0.25) is 0 Å². The van der Waals surface area contributed by atoms with Crippen LogP contribution < -0.4 is 31.6 Å². The van der Waals surface area contributed by atoms with Crippen LogP contribution in [0.15, 0.2) is 50.8 Å². The predicted octanol–water partition coefficient (Wildman–Crippen LogP) is -0.541. The number of carboxylic acids is 3. The lowest BCUT2D eigenvalue weighted by molar-refractivity contribution is -0.133. The zero-order chi connectivity index (χ0) is 29.2. The highest BCUT2D eigenvalue weighted by molar-refractivity contribution is 5.85. The fourth-order valence-corrected chi connectivity index (χ4v) is 1.21. The fraction of sp³-hybridized carbons (Fsp3) is 0.429. The summed E-state index contributed by atoms with van der Waals surface area (Å²) in [6, 6.07) is 0. The van der Waals surface area contributed by atoms with Gasteiger partial charge in [-0.05, 0) is 41.5 Å². The van der Waals surface area contributed by atoms with E-state index in [0.29, 0.717) is 14.2 Å². The average Bonchev–Trinajstić information content (AvgIpc) is 2.78. The van der Waals surface area contributed by atoms with Gasteiger partial charge in [0.15, 0.2) is 0 Å². The van der Waals surface area contributed by atoms with Gasteiger partial charge < -0.3 is 29.8 Å². The van der Waals surface area contributed by atoms with Crippen molar-refractivity contribution in [1.82, 2.24) is 14.2 Å². The lowest BCUT2D eigenvalue weighted by atomic mass is 10.4. The third-order valence-electron chi connectivity index (χ3n) is 2.91. The Morgan fingerprint density at radius 3 is 0.806 bits per heavy atom. The monoisotopic (exact) mass is 519 g/mol. The second-order valence-corrected chi connectivity index (χ2v) is 6.24. The summed E-state index contributed by atoms with van der Waals surface area (Å²) in [5.41, 5.74) is -2.50. The summed E-state index contributed by atoms with van der Waals surface area (Å²) in [7, 11) is 0. The Bertz CT molecular complexity index is 904. The van der Waals surface area contributed by atoms with Gasteiger partial charge in [-0.2, -0.15) is 0 Å². The van der Waals surface area contributed by atoms with E-state index >= 15 is 0 Å². The molecule has 0 spiro atoms. The molecule has 0 unspecified atom stereocenters. The minimum atomic E-state index is -1.01. The molecule has 15 nitrogen and oxygen atoms in total. The second-order valence-electron chi connectivity index (χ2n) is 6.24. The van der Waals surface area contributed by atoms with Gasteiger partial charge in [-0.15, -0.1) is 0 Å². The zero-order valence-electron chi connectivity index (χ0n) is 21.1. The summed E-state index contributed by atoms with van der Waals surface area (Å²) in [5.74, 6) is -2.81. The van der Waals surface area contributed by atoms with Gasteiger partial charge in [0, 0.05) is 16.7 Å². The summed E-state index contributed by atoms with van der Waals surface area (Å²) in [6.07, 6.45) is 0. The molecular weight excluding hydrogens is 486 g/mol. The molecule has 0 aliphatic rings. The molecule has 36 heavy (non-hydrogen) atoms. The largest absolute Gasteiger partial charge is 0.478 e. The van der Waals surface area contributed by atoms with Gasteiger partial charge in [-0.1, -0.05) is 33.9 Å². The molecule has 0 saturated carbocycles. The summed E-state index contributed by atoms with van der Waals surface area (Å²) in [4.78, 5) is 78.6. The van der Waals surface area contributed by atoms with Crippen LogP contribution in [0.3, 0.4) is 0 Å². The second kappa shape index (κ2) is 18.8. The van der Waals surface area contributed by atoms with Crippen molar-refractivity contribution < 1.29 is 44.2 Å². The van der Waals surface area contributed by atoms with Gasteiger partial charge in [-0.3, -0.25) is 0 Å². The van der Waals surface area contributed by atoms with E-state index in [9.17, 15) is 28.8 Å². The minimum absolute atomic E-state index is 0.0750. The van der Waals surface area contributed by atoms with Crippen molar-refractivity contribution in [2.45, 2.75) is 41.5 Å². The van der Waals surface area contributed by atoms with Crippen molar-refractivity contribution in [3.8, 4) is 0 Å². The predicted molar refractivity (Wildman–Crippen MR) is 128 cm³/mol. The number of carboxylic acid groups (broad SMARTS) is 3. The molecule has 15 heteroatoms. The number of nitrogens with zero attached hydrogens (tertiary/aromatic N) is 3. The lowest BCUT2D eigenvalue weighted by Crippen LogP contribution is -2.59. The van der Waals surface area contributed by atoms with Crippen LogP contribution in [-0.2, 0) is 14.4 Å². The third kappa shape index (κ3) is 14.6. The van der Waals surface area contributed by atoms with Crippen LogP contribution in [0.25, 0.3) is 0 Å². The molecule has 1 aromatic rings. The molecule has 1 aromatic heterocycles. The molecule has 1 heterocycles. The first-order valence-corrected chi connectivity index (χ1v) is 10.1. The molecule has 0 aliphatic heterocycles. The number of aliphatic carboxylic acids is 3. The van der Waals surface area contributed by atoms with Crippen LogP contribution in [0.4, 0.5) is 0 Å². The van der Waals surface area contributed by atoms with E-state index in [1.54, 1.807) is 20.8 Å². The van der Waals surface area contributed by atoms with Gasteiger partial charge in [0.25, 0.3) is 0 Å². The molecule has 204 valence electrons. The molecule has 0 radical (unpaired) electrons. The average molecular weight is 520 g/mol. The number of hydrogen-bond acceptors (Lipinski definition) is 9. The topological polar surface area (TPSA) is 206 Å². The van der Waals surface area contributed by atoms with E-state index in [-0.39, 0.29) is 36.5 Å². The van der Waals surface area contributed by atoms with Gasteiger partial charge in [0.1, 0.15) is 19.8 Å². The summed E-state index contributed by atoms with van der Waals surface area (Å²) < 4.78 is 1.23. The Balaban J connectivity index is -0.000000495. The molecule has 0 aliphatic carbocycles. The van der Waals surface area contributed by atoms with Gasteiger partial charge in [-0.25, -0.2) is 28.8 Å². The van der Waals surface area contributed by atoms with E-state index < -0.39 is 35.0 Å². The van der Waals surface area contributed by atoms with E-state index in [1.165, 1.54) is 20.8 Å². The van der Waals surface area contributed by atoms with Crippen molar-refractivity contribution in [3.63, 3.8) is 0 Å². The normalized spacial score (nSPS) is 8.83. The number of hydrogen-bond donors (Lipinski definition) is 3. The summed E-state index contributed by atoms with van der Waals surface area (Å²) in [5, 5.41) is 23.7. The van der Waals surface area contributed by atoms with E-state index in [2.05, 4.69) is 19.7 Å². The Hall–Kier alpha value is -4.56. The van der Waals surface area contributed by atoms with Gasteiger partial charge >= 0.3 is 35.0 Å².